The number of rotatable bonds is 7. The van der Waals surface area contributed by atoms with Gasteiger partial charge in [0.15, 0.2) is 0 Å². The first-order chi connectivity index (χ1) is 9.76. The number of halogens is 1. The number of benzene rings is 1. The highest BCUT2D eigenvalue weighted by Crippen LogP contribution is 2.20. The van der Waals surface area contributed by atoms with Crippen LogP contribution in [0.1, 0.15) is 23.7 Å². The Morgan fingerprint density at radius 3 is 2.81 bits per heavy atom. The van der Waals surface area contributed by atoms with Gasteiger partial charge in [0.05, 0.1) is 16.6 Å². The molecule has 0 heterocycles. The number of hydrogen-bond acceptors (Lipinski definition) is 5. The van der Waals surface area contributed by atoms with E-state index < -0.39 is 27.9 Å². The van der Waals surface area contributed by atoms with Crippen molar-refractivity contribution < 1.29 is 24.0 Å². The average molecular weight is 300 g/mol. The van der Waals surface area contributed by atoms with Gasteiger partial charge in [-0.3, -0.25) is 14.9 Å². The van der Waals surface area contributed by atoms with Gasteiger partial charge in [-0.15, -0.1) is 0 Å². The second-order valence-corrected chi connectivity index (χ2v) is 4.84. The van der Waals surface area contributed by atoms with Crippen molar-refractivity contribution in [3.63, 3.8) is 0 Å². The van der Waals surface area contributed by atoms with Gasteiger partial charge in [0.1, 0.15) is 11.4 Å². The topological polar surface area (TPSA) is 102 Å². The number of nitrogens with one attached hydrogen (secondary N) is 1. The second kappa shape index (κ2) is 7.09. The number of aliphatic hydroxyl groups is 1. The molecule has 1 atom stereocenters. The number of nitrogens with zero attached hydrogens (tertiary/aromatic N) is 1. The first-order valence-corrected chi connectivity index (χ1v) is 6.20. The van der Waals surface area contributed by atoms with Crippen molar-refractivity contribution in [2.24, 2.45) is 0 Å². The molecule has 0 saturated carbocycles. The molecule has 1 amide bonds. The zero-order chi connectivity index (χ0) is 16.0. The highest BCUT2D eigenvalue weighted by atomic mass is 19.1. The molecule has 0 aromatic heterocycles. The summed E-state index contributed by atoms with van der Waals surface area (Å²) < 4.78 is 17.8. The minimum absolute atomic E-state index is 0.107. The van der Waals surface area contributed by atoms with E-state index in [-0.39, 0.29) is 18.5 Å². The van der Waals surface area contributed by atoms with E-state index in [9.17, 15) is 24.4 Å². The van der Waals surface area contributed by atoms with E-state index in [1.54, 1.807) is 0 Å². The first kappa shape index (κ1) is 17.0. The van der Waals surface area contributed by atoms with Crippen molar-refractivity contribution in [1.82, 2.24) is 5.32 Å². The molecule has 1 aromatic carbocycles. The number of carbonyl (C=O) groups excluding carboxylic acids is 1. The standard InChI is InChI=1S/C13H17FN2O5/c1-13(18,5-6-21-2)8-15-12(17)10-4-3-9(14)7-11(10)16(19)20/h3-4,7,18H,5-6,8H2,1-2H3,(H,15,17). The molecule has 7 nitrogen and oxygen atoms in total. The third-order valence-corrected chi connectivity index (χ3v) is 2.88. The zero-order valence-electron chi connectivity index (χ0n) is 11.8. The minimum Gasteiger partial charge on any atom is -0.388 e. The third kappa shape index (κ3) is 5.09. The number of carbonyl (C=O) groups is 1. The van der Waals surface area contributed by atoms with Crippen molar-refractivity contribution in [2.45, 2.75) is 18.9 Å². The van der Waals surface area contributed by atoms with Gasteiger partial charge in [0.2, 0.25) is 0 Å². The van der Waals surface area contributed by atoms with Crippen molar-refractivity contribution in [1.29, 1.82) is 0 Å². The van der Waals surface area contributed by atoms with Gasteiger partial charge in [0.25, 0.3) is 11.6 Å². The molecule has 2 N–H and O–H groups in total. The molecule has 0 aliphatic heterocycles. The Morgan fingerprint density at radius 2 is 2.24 bits per heavy atom. The lowest BCUT2D eigenvalue weighted by Gasteiger charge is -2.23. The van der Waals surface area contributed by atoms with Crippen LogP contribution < -0.4 is 5.32 Å². The molecule has 8 heteroatoms. The van der Waals surface area contributed by atoms with E-state index in [1.165, 1.54) is 14.0 Å². The molecule has 0 aliphatic carbocycles. The van der Waals surface area contributed by atoms with Crippen LogP contribution in [0.2, 0.25) is 0 Å². The fourth-order valence-electron chi connectivity index (χ4n) is 1.62. The largest absolute Gasteiger partial charge is 0.388 e. The number of methoxy groups -OCH3 is 1. The normalized spacial score (nSPS) is 13.5. The molecule has 0 radical (unpaired) electrons. The summed E-state index contributed by atoms with van der Waals surface area (Å²) in [5.74, 6) is -1.55. The Labute approximate surface area is 120 Å². The van der Waals surface area contributed by atoms with Crippen LogP contribution in [0.5, 0.6) is 0 Å². The molecule has 1 unspecified atom stereocenters. The first-order valence-electron chi connectivity index (χ1n) is 6.20. The fraction of sp³-hybridized carbons (Fsp3) is 0.462. The van der Waals surface area contributed by atoms with E-state index in [1.807, 2.05) is 0 Å². The average Bonchev–Trinajstić information content (AvgIpc) is 2.42. The molecule has 0 aliphatic rings. The second-order valence-electron chi connectivity index (χ2n) is 4.84. The lowest BCUT2D eigenvalue weighted by atomic mass is 10.0. The molecule has 1 rings (SSSR count). The molecule has 0 spiro atoms. The summed E-state index contributed by atoms with van der Waals surface area (Å²) in [5, 5.41) is 23.2. The summed E-state index contributed by atoms with van der Waals surface area (Å²) in [6.45, 7) is 1.70. The predicted molar refractivity (Wildman–Crippen MR) is 72.5 cm³/mol. The SMILES string of the molecule is COCCC(C)(O)CNC(=O)c1ccc(F)cc1[N+](=O)[O-]. The van der Waals surface area contributed by atoms with Gasteiger partial charge in [-0.25, -0.2) is 4.39 Å². The summed E-state index contributed by atoms with van der Waals surface area (Å²) in [5.41, 5.74) is -2.09. The summed E-state index contributed by atoms with van der Waals surface area (Å²) >= 11 is 0. The summed E-state index contributed by atoms with van der Waals surface area (Å²) in [7, 11) is 1.48. The van der Waals surface area contributed by atoms with Crippen LogP contribution in [0.3, 0.4) is 0 Å². The Balaban J connectivity index is 2.79. The molecule has 0 fully saturated rings. The molecular weight excluding hydrogens is 283 g/mol. The Hall–Kier alpha value is -2.06. The summed E-state index contributed by atoms with van der Waals surface area (Å²) in [6, 6.07) is 2.68. The Kier molecular flexibility index (Phi) is 5.74. The smallest absolute Gasteiger partial charge is 0.285 e. The van der Waals surface area contributed by atoms with Gasteiger partial charge in [-0.05, 0) is 19.1 Å². The van der Waals surface area contributed by atoms with Crippen LogP contribution in [0, 0.1) is 15.9 Å². The molecular formula is C13H17FN2O5. The van der Waals surface area contributed by atoms with Crippen LogP contribution in [-0.2, 0) is 4.74 Å². The maximum Gasteiger partial charge on any atom is 0.285 e. The van der Waals surface area contributed by atoms with Gasteiger partial charge >= 0.3 is 0 Å². The quantitative estimate of drug-likeness (QED) is 0.583. The lowest BCUT2D eigenvalue weighted by molar-refractivity contribution is -0.385. The van der Waals surface area contributed by atoms with Gasteiger partial charge in [0, 0.05) is 26.7 Å². The van der Waals surface area contributed by atoms with Crippen LogP contribution in [0.15, 0.2) is 18.2 Å². The summed E-state index contributed by atoms with van der Waals surface area (Å²) in [6.07, 6.45) is 0.287. The maximum atomic E-state index is 13.0. The Morgan fingerprint density at radius 1 is 1.57 bits per heavy atom. The van der Waals surface area contributed by atoms with Gasteiger partial charge in [-0.2, -0.15) is 0 Å². The van der Waals surface area contributed by atoms with Crippen molar-refractivity contribution in [2.75, 3.05) is 20.3 Å². The van der Waals surface area contributed by atoms with Crippen molar-refractivity contribution >= 4 is 11.6 Å². The number of amides is 1. The van der Waals surface area contributed by atoms with Crippen molar-refractivity contribution in [3.8, 4) is 0 Å². The third-order valence-electron chi connectivity index (χ3n) is 2.88. The van der Waals surface area contributed by atoms with E-state index >= 15 is 0 Å². The predicted octanol–water partition coefficient (Wildman–Crippen LogP) is 1.25. The summed E-state index contributed by atoms with van der Waals surface area (Å²) in [4.78, 5) is 21.9. The fourth-order valence-corrected chi connectivity index (χ4v) is 1.62. The maximum absolute atomic E-state index is 13.0. The number of hydrogen-bond donors (Lipinski definition) is 2. The molecule has 116 valence electrons. The molecule has 0 saturated heterocycles. The van der Waals surface area contributed by atoms with Crippen molar-refractivity contribution in [3.05, 3.63) is 39.7 Å². The monoisotopic (exact) mass is 300 g/mol. The Bertz CT molecular complexity index is 533. The highest BCUT2D eigenvalue weighted by Gasteiger charge is 2.25. The number of nitro groups is 1. The zero-order valence-corrected chi connectivity index (χ0v) is 11.8. The van der Waals surface area contributed by atoms with Gasteiger partial charge < -0.3 is 15.2 Å². The minimum atomic E-state index is -1.21. The molecule has 21 heavy (non-hydrogen) atoms. The van der Waals surface area contributed by atoms with E-state index in [2.05, 4.69) is 5.32 Å². The number of nitro benzene ring substituents is 1. The van der Waals surface area contributed by atoms with E-state index in [0.717, 1.165) is 12.1 Å². The highest BCUT2D eigenvalue weighted by molar-refractivity contribution is 5.98. The van der Waals surface area contributed by atoms with Crippen LogP contribution in [0.25, 0.3) is 0 Å². The van der Waals surface area contributed by atoms with Crippen LogP contribution >= 0.6 is 0 Å². The van der Waals surface area contributed by atoms with Crippen LogP contribution in [0.4, 0.5) is 10.1 Å². The van der Waals surface area contributed by atoms with Crippen LogP contribution in [-0.4, -0.2) is 41.8 Å². The lowest BCUT2D eigenvalue weighted by Crippen LogP contribution is -2.41. The van der Waals surface area contributed by atoms with E-state index in [0.29, 0.717) is 12.7 Å². The van der Waals surface area contributed by atoms with Gasteiger partial charge in [-0.1, -0.05) is 0 Å². The molecule has 0 bridgehead atoms. The molecule has 1 aromatic rings. The van der Waals surface area contributed by atoms with E-state index in [4.69, 9.17) is 4.74 Å². The number of ether oxygens (including phenoxy) is 1.